The predicted molar refractivity (Wildman–Crippen MR) is 109 cm³/mol. The van der Waals surface area contributed by atoms with Gasteiger partial charge < -0.3 is 20.7 Å². The molecule has 4 rings (SSSR count). The van der Waals surface area contributed by atoms with Crippen LogP contribution in [0.4, 0.5) is 0 Å². The number of imidazole rings is 1. The highest BCUT2D eigenvalue weighted by Crippen LogP contribution is 2.24. The largest absolute Gasteiger partial charge is 0.494 e. The van der Waals surface area contributed by atoms with Crippen molar-refractivity contribution in [2.45, 2.75) is 6.92 Å². The van der Waals surface area contributed by atoms with Crippen molar-refractivity contribution in [3.8, 4) is 22.8 Å². The van der Waals surface area contributed by atoms with Crippen LogP contribution >= 0.6 is 0 Å². The molecule has 0 fully saturated rings. The molecular weight excluding hydrogens is 372 g/mol. The summed E-state index contributed by atoms with van der Waals surface area (Å²) >= 11 is 0. The fourth-order valence-corrected chi connectivity index (χ4v) is 3.03. The fraction of sp³-hybridized carbons (Fsp3) is 0.100. The van der Waals surface area contributed by atoms with Crippen molar-refractivity contribution in [1.82, 2.24) is 19.5 Å². The monoisotopic (exact) mass is 390 g/mol. The average molecular weight is 390 g/mol. The van der Waals surface area contributed by atoms with Gasteiger partial charge in [-0.1, -0.05) is 23.4 Å². The third-order valence-corrected chi connectivity index (χ3v) is 4.33. The Balaban J connectivity index is 1.98. The number of ether oxygens (including phenoxy) is 1. The number of para-hydroxylation sites is 1. The average Bonchev–Trinajstić information content (AvgIpc) is 3.09. The lowest BCUT2D eigenvalue weighted by atomic mass is 10.2. The first kappa shape index (κ1) is 18.2. The second kappa shape index (κ2) is 7.47. The lowest BCUT2D eigenvalue weighted by Gasteiger charge is -2.08. The van der Waals surface area contributed by atoms with E-state index >= 15 is 0 Å². The Morgan fingerprint density at radius 2 is 1.90 bits per heavy atom. The van der Waals surface area contributed by atoms with Crippen LogP contribution in [-0.4, -0.2) is 37.2 Å². The van der Waals surface area contributed by atoms with Crippen molar-refractivity contribution < 1.29 is 9.94 Å². The van der Waals surface area contributed by atoms with Crippen molar-refractivity contribution in [3.63, 3.8) is 0 Å². The van der Waals surface area contributed by atoms with E-state index in [0.717, 1.165) is 5.75 Å². The number of aromatic nitrogens is 4. The van der Waals surface area contributed by atoms with Crippen molar-refractivity contribution in [1.29, 1.82) is 0 Å². The van der Waals surface area contributed by atoms with E-state index < -0.39 is 5.69 Å². The second-order valence-electron chi connectivity index (χ2n) is 6.14. The zero-order valence-corrected chi connectivity index (χ0v) is 15.5. The molecule has 0 unspecified atom stereocenters. The third kappa shape index (κ3) is 3.29. The molecule has 0 amide bonds. The minimum absolute atomic E-state index is 0.133. The summed E-state index contributed by atoms with van der Waals surface area (Å²) in [7, 11) is 0. The molecule has 146 valence electrons. The van der Waals surface area contributed by atoms with Gasteiger partial charge >= 0.3 is 5.69 Å². The number of oxime groups is 1. The molecule has 0 saturated heterocycles. The van der Waals surface area contributed by atoms with Gasteiger partial charge in [-0.05, 0) is 43.3 Å². The van der Waals surface area contributed by atoms with E-state index in [-0.39, 0.29) is 17.0 Å². The van der Waals surface area contributed by atoms with Gasteiger partial charge in [-0.2, -0.15) is 0 Å². The first-order valence-electron chi connectivity index (χ1n) is 8.91. The molecule has 4 aromatic rings. The molecule has 2 heterocycles. The number of amidine groups is 1. The number of nitrogens with two attached hydrogens (primary N) is 1. The Labute approximate surface area is 165 Å². The van der Waals surface area contributed by atoms with Gasteiger partial charge in [0.1, 0.15) is 17.0 Å². The molecule has 0 atom stereocenters. The van der Waals surface area contributed by atoms with Crippen LogP contribution in [0.5, 0.6) is 5.75 Å². The van der Waals surface area contributed by atoms with E-state index in [2.05, 4.69) is 20.1 Å². The van der Waals surface area contributed by atoms with Gasteiger partial charge in [0.25, 0.3) is 0 Å². The summed E-state index contributed by atoms with van der Waals surface area (Å²) in [6.07, 6.45) is 0. The zero-order chi connectivity index (χ0) is 20.4. The first-order valence-corrected chi connectivity index (χ1v) is 8.91. The molecule has 0 bridgehead atoms. The molecule has 0 aliphatic heterocycles. The Hall–Kier alpha value is -4.14. The van der Waals surface area contributed by atoms with E-state index in [1.54, 1.807) is 36.4 Å². The van der Waals surface area contributed by atoms with E-state index in [1.165, 1.54) is 4.57 Å². The summed E-state index contributed by atoms with van der Waals surface area (Å²) in [4.78, 5) is 24.3. The zero-order valence-electron chi connectivity index (χ0n) is 15.5. The Bertz CT molecular complexity index is 1240. The van der Waals surface area contributed by atoms with Crippen LogP contribution in [0.25, 0.3) is 28.2 Å². The van der Waals surface area contributed by atoms with Crippen LogP contribution < -0.4 is 16.2 Å². The Morgan fingerprint density at radius 1 is 1.17 bits per heavy atom. The predicted octanol–water partition coefficient (Wildman–Crippen LogP) is 2.27. The highest BCUT2D eigenvalue weighted by molar-refractivity contribution is 6.05. The van der Waals surface area contributed by atoms with Gasteiger partial charge in [-0.25, -0.2) is 19.3 Å². The molecule has 29 heavy (non-hydrogen) atoms. The molecule has 4 N–H and O–H groups in total. The van der Waals surface area contributed by atoms with Gasteiger partial charge in [0.2, 0.25) is 0 Å². The molecule has 0 spiro atoms. The maximum Gasteiger partial charge on any atom is 0.332 e. The normalized spacial score (nSPS) is 11.7. The van der Waals surface area contributed by atoms with Crippen molar-refractivity contribution >= 4 is 17.0 Å². The van der Waals surface area contributed by atoms with Gasteiger partial charge in [-0.15, -0.1) is 0 Å². The molecule has 9 heteroatoms. The minimum atomic E-state index is -0.406. The number of nitrogens with one attached hydrogen (secondary N) is 1. The topological polar surface area (TPSA) is 131 Å². The van der Waals surface area contributed by atoms with Crippen LogP contribution in [-0.2, 0) is 0 Å². The van der Waals surface area contributed by atoms with Gasteiger partial charge in [-0.3, -0.25) is 0 Å². The van der Waals surface area contributed by atoms with E-state index in [0.29, 0.717) is 29.3 Å². The number of H-pyrrole nitrogens is 1. The van der Waals surface area contributed by atoms with Crippen LogP contribution in [0.1, 0.15) is 12.6 Å². The van der Waals surface area contributed by atoms with Crippen LogP contribution in [0, 0.1) is 0 Å². The molecule has 0 saturated carbocycles. The number of hydrogen-bond acceptors (Lipinski definition) is 6. The number of nitrogens with zero attached hydrogens (tertiary/aromatic N) is 4. The number of fused-ring (bicyclic) bond motifs is 1. The van der Waals surface area contributed by atoms with Crippen LogP contribution in [0.3, 0.4) is 0 Å². The quantitative estimate of drug-likeness (QED) is 0.207. The lowest BCUT2D eigenvalue weighted by Crippen LogP contribution is -2.17. The number of benzene rings is 2. The van der Waals surface area contributed by atoms with E-state index in [9.17, 15) is 10.0 Å². The standard InChI is InChI=1S/C20H18N6O3/c1-2-29-14-10-8-12(9-11-14)18-22-15(17(21)25-28)16-19(24-18)26(20(27)23-16)13-6-4-3-5-7-13/h3-11,28H,2H2,1H3,(H2,21,25)(H,23,27). The summed E-state index contributed by atoms with van der Waals surface area (Å²) in [6.45, 7) is 2.46. The highest BCUT2D eigenvalue weighted by atomic mass is 16.5. The maximum atomic E-state index is 12.6. The fourth-order valence-electron chi connectivity index (χ4n) is 3.03. The SMILES string of the molecule is CCOc1ccc(-c2nc(C(N)=NO)c3[nH]c(=O)n(-c4ccccc4)c3n2)cc1. The summed E-state index contributed by atoms with van der Waals surface area (Å²) in [5, 5.41) is 12.2. The highest BCUT2D eigenvalue weighted by Gasteiger charge is 2.19. The molecule has 0 aliphatic rings. The molecule has 0 radical (unpaired) electrons. The summed E-state index contributed by atoms with van der Waals surface area (Å²) < 4.78 is 6.88. The van der Waals surface area contributed by atoms with E-state index in [1.807, 2.05) is 25.1 Å². The molecule has 2 aromatic carbocycles. The molecule has 9 nitrogen and oxygen atoms in total. The molecule has 2 aromatic heterocycles. The smallest absolute Gasteiger partial charge is 0.332 e. The van der Waals surface area contributed by atoms with Gasteiger partial charge in [0.15, 0.2) is 17.3 Å². The minimum Gasteiger partial charge on any atom is -0.494 e. The molecule has 0 aliphatic carbocycles. The maximum absolute atomic E-state index is 12.6. The first-order chi connectivity index (χ1) is 14.1. The van der Waals surface area contributed by atoms with Crippen LogP contribution in [0.15, 0.2) is 64.5 Å². The summed E-state index contributed by atoms with van der Waals surface area (Å²) in [6, 6.07) is 16.3. The number of hydrogen-bond donors (Lipinski definition) is 3. The number of rotatable bonds is 5. The van der Waals surface area contributed by atoms with Crippen molar-refractivity contribution in [2.75, 3.05) is 6.61 Å². The lowest BCUT2D eigenvalue weighted by molar-refractivity contribution is 0.318. The number of aromatic amines is 1. The Morgan fingerprint density at radius 3 is 2.55 bits per heavy atom. The second-order valence-corrected chi connectivity index (χ2v) is 6.14. The summed E-state index contributed by atoms with van der Waals surface area (Å²) in [5.41, 5.74) is 7.48. The van der Waals surface area contributed by atoms with Crippen molar-refractivity contribution in [3.05, 3.63) is 70.8 Å². The van der Waals surface area contributed by atoms with Gasteiger partial charge in [0.05, 0.1) is 12.3 Å². The van der Waals surface area contributed by atoms with Crippen LogP contribution in [0.2, 0.25) is 0 Å². The van der Waals surface area contributed by atoms with Crippen molar-refractivity contribution in [2.24, 2.45) is 10.9 Å². The third-order valence-electron chi connectivity index (χ3n) is 4.33. The summed E-state index contributed by atoms with van der Waals surface area (Å²) in [5.74, 6) is 0.814. The van der Waals surface area contributed by atoms with E-state index in [4.69, 9.17) is 10.5 Å². The molecular formula is C20H18N6O3. The Kier molecular flexibility index (Phi) is 4.70. The van der Waals surface area contributed by atoms with Gasteiger partial charge in [0, 0.05) is 5.56 Å².